The van der Waals surface area contributed by atoms with Gasteiger partial charge in [0.15, 0.2) is 5.96 Å². The second-order valence-electron chi connectivity index (χ2n) is 6.49. The number of guanidine groups is 1. The fraction of sp³-hybridized carbons (Fsp3) is 0.750. The molecule has 122 valence electrons. The Labute approximate surface area is 132 Å². The number of hydrogen-bond acceptors (Lipinski definition) is 4. The highest BCUT2D eigenvalue weighted by Crippen LogP contribution is 2.31. The lowest BCUT2D eigenvalue weighted by Crippen LogP contribution is -2.40. The van der Waals surface area contributed by atoms with E-state index in [1.807, 2.05) is 20.9 Å². The molecule has 1 saturated carbocycles. The average Bonchev–Trinajstić information content (AvgIpc) is 3.18. The van der Waals surface area contributed by atoms with Gasteiger partial charge >= 0.3 is 0 Å². The van der Waals surface area contributed by atoms with Crippen molar-refractivity contribution in [1.82, 2.24) is 20.7 Å². The Morgan fingerprint density at radius 1 is 1.32 bits per heavy atom. The predicted molar refractivity (Wildman–Crippen MR) is 86.9 cm³/mol. The van der Waals surface area contributed by atoms with Gasteiger partial charge < -0.3 is 20.1 Å². The number of aliphatic imine (C=N–C) groups is 1. The van der Waals surface area contributed by atoms with Gasteiger partial charge in [0.05, 0.1) is 5.69 Å². The summed E-state index contributed by atoms with van der Waals surface area (Å²) >= 11 is 0. The van der Waals surface area contributed by atoms with Crippen LogP contribution in [-0.4, -0.2) is 48.7 Å². The van der Waals surface area contributed by atoms with Crippen molar-refractivity contribution in [3.8, 4) is 0 Å². The molecule has 1 aliphatic heterocycles. The van der Waals surface area contributed by atoms with E-state index in [2.05, 4.69) is 25.7 Å². The maximum absolute atomic E-state index is 5.19. The lowest BCUT2D eigenvalue weighted by atomic mass is 10.1. The van der Waals surface area contributed by atoms with Crippen LogP contribution in [0.1, 0.15) is 36.3 Å². The molecule has 6 nitrogen and oxygen atoms in total. The molecule has 1 aliphatic carbocycles. The fourth-order valence-corrected chi connectivity index (χ4v) is 3.19. The first-order chi connectivity index (χ1) is 10.7. The summed E-state index contributed by atoms with van der Waals surface area (Å²) in [5.74, 6) is 2.46. The fourth-order valence-electron chi connectivity index (χ4n) is 3.19. The number of nitrogens with zero attached hydrogens (tertiary/aromatic N) is 3. The maximum Gasteiger partial charge on any atom is 0.191 e. The zero-order valence-electron chi connectivity index (χ0n) is 13.9. The van der Waals surface area contributed by atoms with E-state index < -0.39 is 0 Å². The first-order valence-corrected chi connectivity index (χ1v) is 8.27. The van der Waals surface area contributed by atoms with E-state index in [9.17, 15) is 0 Å². The Morgan fingerprint density at radius 3 is 2.77 bits per heavy atom. The molecular formula is C16H27N5O. The van der Waals surface area contributed by atoms with Crippen LogP contribution in [-0.2, 0) is 6.54 Å². The summed E-state index contributed by atoms with van der Waals surface area (Å²) in [4.78, 5) is 6.95. The van der Waals surface area contributed by atoms with E-state index in [4.69, 9.17) is 4.52 Å². The quantitative estimate of drug-likeness (QED) is 0.636. The van der Waals surface area contributed by atoms with Crippen molar-refractivity contribution in [2.24, 2.45) is 10.9 Å². The molecule has 3 rings (SSSR count). The van der Waals surface area contributed by atoms with Crippen LogP contribution in [0, 0.1) is 19.8 Å². The van der Waals surface area contributed by atoms with Gasteiger partial charge in [0, 0.05) is 38.3 Å². The van der Waals surface area contributed by atoms with Crippen molar-refractivity contribution in [3.05, 3.63) is 17.0 Å². The SMILES string of the molecule is CN=C(NCc1c(C)noc1C)NCC1CCN(C2CC2)C1. The Kier molecular flexibility index (Phi) is 4.66. The first-order valence-electron chi connectivity index (χ1n) is 8.27. The summed E-state index contributed by atoms with van der Waals surface area (Å²) in [5, 5.41) is 10.8. The molecule has 2 aliphatic rings. The summed E-state index contributed by atoms with van der Waals surface area (Å²) in [6.45, 7) is 8.09. The van der Waals surface area contributed by atoms with E-state index in [1.165, 1.54) is 32.4 Å². The summed E-state index contributed by atoms with van der Waals surface area (Å²) in [7, 11) is 1.81. The lowest BCUT2D eigenvalue weighted by Gasteiger charge is -2.17. The van der Waals surface area contributed by atoms with Gasteiger partial charge in [-0.2, -0.15) is 0 Å². The van der Waals surface area contributed by atoms with Gasteiger partial charge in [-0.1, -0.05) is 5.16 Å². The Bertz CT molecular complexity index is 515. The number of nitrogens with one attached hydrogen (secondary N) is 2. The molecule has 2 fully saturated rings. The summed E-state index contributed by atoms with van der Waals surface area (Å²) < 4.78 is 5.19. The van der Waals surface area contributed by atoms with E-state index in [1.54, 1.807) is 0 Å². The van der Waals surface area contributed by atoms with Crippen LogP contribution in [0.25, 0.3) is 0 Å². The topological polar surface area (TPSA) is 65.7 Å². The van der Waals surface area contributed by atoms with Crippen LogP contribution in [0.3, 0.4) is 0 Å². The molecule has 0 amide bonds. The van der Waals surface area contributed by atoms with Gasteiger partial charge in [-0.15, -0.1) is 0 Å². The molecule has 0 radical (unpaired) electrons. The molecule has 2 N–H and O–H groups in total. The second-order valence-corrected chi connectivity index (χ2v) is 6.49. The number of rotatable bonds is 5. The summed E-state index contributed by atoms with van der Waals surface area (Å²) in [6.07, 6.45) is 4.10. The first kappa shape index (κ1) is 15.3. The highest BCUT2D eigenvalue weighted by Gasteiger charge is 2.34. The number of likely N-dealkylation sites (tertiary alicyclic amines) is 1. The Morgan fingerprint density at radius 2 is 2.14 bits per heavy atom. The van der Waals surface area contributed by atoms with Crippen LogP contribution >= 0.6 is 0 Å². The molecule has 0 spiro atoms. The highest BCUT2D eigenvalue weighted by molar-refractivity contribution is 5.79. The van der Waals surface area contributed by atoms with Crippen molar-refractivity contribution >= 4 is 5.96 Å². The third-order valence-corrected chi connectivity index (χ3v) is 4.78. The molecule has 0 aromatic carbocycles. The predicted octanol–water partition coefficient (Wildman–Crippen LogP) is 1.44. The third-order valence-electron chi connectivity index (χ3n) is 4.78. The van der Waals surface area contributed by atoms with Gasteiger partial charge in [-0.05, 0) is 45.6 Å². The molecule has 1 aromatic rings. The van der Waals surface area contributed by atoms with Gasteiger partial charge in [0.2, 0.25) is 0 Å². The Hall–Kier alpha value is -1.56. The molecule has 0 bridgehead atoms. The van der Waals surface area contributed by atoms with Crippen molar-refractivity contribution in [3.63, 3.8) is 0 Å². The minimum absolute atomic E-state index is 0.694. The number of aromatic nitrogens is 1. The average molecular weight is 305 g/mol. The van der Waals surface area contributed by atoms with Gasteiger partial charge in [0.1, 0.15) is 5.76 Å². The highest BCUT2D eigenvalue weighted by atomic mass is 16.5. The lowest BCUT2D eigenvalue weighted by molar-refractivity contribution is 0.314. The van der Waals surface area contributed by atoms with Gasteiger partial charge in [0.25, 0.3) is 0 Å². The largest absolute Gasteiger partial charge is 0.361 e. The van der Waals surface area contributed by atoms with Crippen molar-refractivity contribution in [1.29, 1.82) is 0 Å². The second kappa shape index (κ2) is 6.69. The van der Waals surface area contributed by atoms with Crippen LogP contribution in [0.15, 0.2) is 9.52 Å². The van der Waals surface area contributed by atoms with Crippen LogP contribution < -0.4 is 10.6 Å². The molecule has 1 saturated heterocycles. The van der Waals surface area contributed by atoms with E-state index in [0.29, 0.717) is 6.54 Å². The van der Waals surface area contributed by atoms with E-state index in [-0.39, 0.29) is 0 Å². The third kappa shape index (κ3) is 3.61. The summed E-state index contributed by atoms with van der Waals surface area (Å²) in [6, 6.07) is 0.891. The maximum atomic E-state index is 5.19. The van der Waals surface area contributed by atoms with E-state index >= 15 is 0 Å². The monoisotopic (exact) mass is 305 g/mol. The van der Waals surface area contributed by atoms with Crippen molar-refractivity contribution < 1.29 is 4.52 Å². The number of aryl methyl sites for hydroxylation is 2. The standard InChI is InChI=1S/C16H27N5O/c1-11-15(12(2)22-20-11)9-19-16(17-3)18-8-13-6-7-21(10-13)14-4-5-14/h13-14H,4-10H2,1-3H3,(H2,17,18,19). The van der Waals surface area contributed by atoms with Crippen LogP contribution in [0.4, 0.5) is 0 Å². The summed E-state index contributed by atoms with van der Waals surface area (Å²) in [5.41, 5.74) is 2.06. The molecule has 22 heavy (non-hydrogen) atoms. The minimum atomic E-state index is 0.694. The Balaban J connectivity index is 1.42. The number of hydrogen-bond donors (Lipinski definition) is 2. The molecule has 6 heteroatoms. The van der Waals surface area contributed by atoms with Crippen molar-refractivity contribution in [2.75, 3.05) is 26.7 Å². The van der Waals surface area contributed by atoms with E-state index in [0.717, 1.165) is 41.5 Å². The molecule has 1 unspecified atom stereocenters. The van der Waals surface area contributed by atoms with Crippen molar-refractivity contribution in [2.45, 2.75) is 45.7 Å². The van der Waals surface area contributed by atoms with Gasteiger partial charge in [-0.3, -0.25) is 4.99 Å². The zero-order chi connectivity index (χ0) is 15.5. The van der Waals surface area contributed by atoms with Gasteiger partial charge in [-0.25, -0.2) is 0 Å². The molecule has 2 heterocycles. The van der Waals surface area contributed by atoms with Crippen LogP contribution in [0.5, 0.6) is 0 Å². The molecule has 1 aromatic heterocycles. The minimum Gasteiger partial charge on any atom is -0.361 e. The normalized spacial score (nSPS) is 23.0. The smallest absolute Gasteiger partial charge is 0.191 e. The molecular weight excluding hydrogens is 278 g/mol. The van der Waals surface area contributed by atoms with Crippen LogP contribution in [0.2, 0.25) is 0 Å². The zero-order valence-corrected chi connectivity index (χ0v) is 13.9. The molecule has 1 atom stereocenters.